The van der Waals surface area contributed by atoms with Gasteiger partial charge in [-0.3, -0.25) is 4.79 Å². The molecule has 0 aromatic heterocycles. The Hall–Kier alpha value is -0.530. The van der Waals surface area contributed by atoms with Crippen molar-refractivity contribution < 1.29 is 9.53 Å². The molecule has 0 aromatic rings. The van der Waals surface area contributed by atoms with E-state index in [1.165, 1.54) is 32.1 Å². The first-order valence-electron chi connectivity index (χ1n) is 7.13. The Kier molecular flexibility index (Phi) is 2.37. The van der Waals surface area contributed by atoms with Gasteiger partial charge in [0, 0.05) is 5.92 Å². The first-order valence-corrected chi connectivity index (χ1v) is 7.13. The molecule has 0 N–H and O–H groups in total. The van der Waals surface area contributed by atoms with Gasteiger partial charge in [-0.25, -0.2) is 0 Å². The molecule has 0 radical (unpaired) electrons. The summed E-state index contributed by atoms with van der Waals surface area (Å²) in [6.07, 6.45) is 6.94. The molecule has 6 atom stereocenters. The van der Waals surface area contributed by atoms with Crippen LogP contribution in [0.25, 0.3) is 0 Å². The molecule has 17 heavy (non-hydrogen) atoms. The zero-order valence-corrected chi connectivity index (χ0v) is 11.2. The van der Waals surface area contributed by atoms with E-state index in [1.54, 1.807) is 0 Å². The van der Waals surface area contributed by atoms with E-state index in [0.717, 1.165) is 11.8 Å². The highest BCUT2D eigenvalue weighted by atomic mass is 16.5. The zero-order chi connectivity index (χ0) is 12.3. The smallest absolute Gasteiger partial charge is 0.293 e. The van der Waals surface area contributed by atoms with E-state index in [1.807, 2.05) is 0 Å². The Morgan fingerprint density at radius 3 is 2.65 bits per heavy atom. The number of hydrogen-bond acceptors (Lipinski definition) is 2. The van der Waals surface area contributed by atoms with Crippen molar-refractivity contribution in [3.63, 3.8) is 0 Å². The summed E-state index contributed by atoms with van der Waals surface area (Å²) in [5.74, 6) is 2.39. The predicted molar refractivity (Wildman–Crippen MR) is 66.4 cm³/mol. The van der Waals surface area contributed by atoms with E-state index >= 15 is 0 Å². The van der Waals surface area contributed by atoms with Crippen LogP contribution >= 0.6 is 0 Å². The molecule has 3 rings (SSSR count). The molecule has 0 aliphatic heterocycles. The Morgan fingerprint density at radius 2 is 1.94 bits per heavy atom. The highest BCUT2D eigenvalue weighted by Crippen LogP contribution is 2.75. The van der Waals surface area contributed by atoms with E-state index in [-0.39, 0.29) is 6.10 Å². The summed E-state index contributed by atoms with van der Waals surface area (Å²) in [5.41, 5.74) is 0.930. The van der Waals surface area contributed by atoms with Crippen molar-refractivity contribution in [1.82, 2.24) is 0 Å². The van der Waals surface area contributed by atoms with Crippen molar-refractivity contribution in [3.05, 3.63) is 0 Å². The fourth-order valence-corrected chi connectivity index (χ4v) is 5.87. The molecule has 0 spiro atoms. The molecular weight excluding hydrogens is 212 g/mol. The minimum atomic E-state index is 0.0960. The second kappa shape index (κ2) is 3.49. The monoisotopic (exact) mass is 236 g/mol. The Labute approximate surface area is 104 Å². The number of ether oxygens (including phenoxy) is 1. The molecule has 3 aliphatic rings. The largest absolute Gasteiger partial charge is 0.465 e. The van der Waals surface area contributed by atoms with Gasteiger partial charge in [-0.05, 0) is 61.7 Å². The van der Waals surface area contributed by atoms with Crippen molar-refractivity contribution in [2.75, 3.05) is 0 Å². The summed E-state index contributed by atoms with van der Waals surface area (Å²) in [7, 11) is 0. The zero-order valence-electron chi connectivity index (χ0n) is 11.2. The van der Waals surface area contributed by atoms with Gasteiger partial charge in [0.15, 0.2) is 0 Å². The maximum atomic E-state index is 10.6. The molecule has 3 aliphatic carbocycles. The van der Waals surface area contributed by atoms with Crippen molar-refractivity contribution in [2.24, 2.45) is 28.6 Å². The molecule has 2 bridgehead atoms. The summed E-state index contributed by atoms with van der Waals surface area (Å²) in [6.45, 7) is 7.71. The van der Waals surface area contributed by atoms with Gasteiger partial charge >= 0.3 is 0 Å². The maximum Gasteiger partial charge on any atom is 0.293 e. The maximum absolute atomic E-state index is 10.6. The number of fused-ring (bicyclic) bond motifs is 5. The average molecular weight is 236 g/mol. The highest BCUT2D eigenvalue weighted by molar-refractivity contribution is 5.37. The molecule has 0 aromatic carbocycles. The Balaban J connectivity index is 1.93. The van der Waals surface area contributed by atoms with E-state index in [2.05, 4.69) is 20.8 Å². The minimum Gasteiger partial charge on any atom is -0.465 e. The van der Waals surface area contributed by atoms with Crippen LogP contribution in [-0.2, 0) is 9.53 Å². The third kappa shape index (κ3) is 1.19. The van der Waals surface area contributed by atoms with Gasteiger partial charge in [-0.15, -0.1) is 0 Å². The molecule has 2 heteroatoms. The van der Waals surface area contributed by atoms with Crippen molar-refractivity contribution in [3.8, 4) is 0 Å². The van der Waals surface area contributed by atoms with Crippen LogP contribution in [0.4, 0.5) is 0 Å². The Bertz CT molecular complexity index is 340. The number of rotatable bonds is 3. The standard InChI is InChI=1S/C15H24O2/c1-10(17-9-16)13-6-7-14(2)11-4-5-12(8-11)15(13,14)3/h9-13H,4-8H2,1-3H3/t10-,11-,12+,13+,14+,15+/m0/s1. The lowest BCUT2D eigenvalue weighted by molar-refractivity contribution is -0.139. The van der Waals surface area contributed by atoms with Crippen LogP contribution in [0.3, 0.4) is 0 Å². The first kappa shape index (κ1) is 11.6. The van der Waals surface area contributed by atoms with Gasteiger partial charge in [-0.1, -0.05) is 13.8 Å². The van der Waals surface area contributed by atoms with Gasteiger partial charge in [0.05, 0.1) is 0 Å². The summed E-state index contributed by atoms with van der Waals surface area (Å²) >= 11 is 0. The topological polar surface area (TPSA) is 26.3 Å². The van der Waals surface area contributed by atoms with Crippen LogP contribution < -0.4 is 0 Å². The molecule has 3 fully saturated rings. The summed E-state index contributed by atoms with van der Waals surface area (Å²) in [6, 6.07) is 0. The fourth-order valence-electron chi connectivity index (χ4n) is 5.87. The summed E-state index contributed by atoms with van der Waals surface area (Å²) in [5, 5.41) is 0. The number of carbonyl (C=O) groups is 1. The van der Waals surface area contributed by atoms with Gasteiger partial charge in [0.1, 0.15) is 6.10 Å². The first-order chi connectivity index (χ1) is 8.04. The van der Waals surface area contributed by atoms with E-state index in [9.17, 15) is 4.79 Å². The molecular formula is C15H24O2. The van der Waals surface area contributed by atoms with E-state index in [0.29, 0.717) is 23.2 Å². The van der Waals surface area contributed by atoms with Gasteiger partial charge < -0.3 is 4.74 Å². The minimum absolute atomic E-state index is 0.0960. The number of carbonyl (C=O) groups excluding carboxylic acids is 1. The van der Waals surface area contributed by atoms with E-state index < -0.39 is 0 Å². The van der Waals surface area contributed by atoms with Gasteiger partial charge in [0.2, 0.25) is 0 Å². The van der Waals surface area contributed by atoms with Crippen molar-refractivity contribution >= 4 is 6.47 Å². The van der Waals surface area contributed by atoms with Crippen LogP contribution in [0, 0.1) is 28.6 Å². The normalized spacial score (nSPS) is 53.5. The third-order valence-corrected chi connectivity index (χ3v) is 6.99. The van der Waals surface area contributed by atoms with Crippen LogP contribution in [0.15, 0.2) is 0 Å². The SMILES string of the molecule is C[C@H](OC=O)[C@H]1CC[C@]2(C)[C@H]3CC[C@H](C3)[C@]12C. The second-order valence-electron chi connectivity index (χ2n) is 6.99. The van der Waals surface area contributed by atoms with Crippen LogP contribution in [0.5, 0.6) is 0 Å². The lowest BCUT2D eigenvalue weighted by atomic mass is 9.56. The van der Waals surface area contributed by atoms with Crippen LogP contribution in [0.1, 0.15) is 52.9 Å². The molecule has 96 valence electrons. The lowest BCUT2D eigenvalue weighted by Crippen LogP contribution is -2.45. The molecule has 0 amide bonds. The van der Waals surface area contributed by atoms with Crippen LogP contribution in [-0.4, -0.2) is 12.6 Å². The summed E-state index contributed by atoms with van der Waals surface area (Å²) in [4.78, 5) is 10.6. The molecule has 0 heterocycles. The highest BCUT2D eigenvalue weighted by Gasteiger charge is 2.68. The molecule has 0 saturated heterocycles. The molecule has 2 nitrogen and oxygen atoms in total. The quantitative estimate of drug-likeness (QED) is 0.702. The summed E-state index contributed by atoms with van der Waals surface area (Å²) < 4.78 is 5.27. The second-order valence-corrected chi connectivity index (χ2v) is 6.99. The predicted octanol–water partition coefficient (Wildman–Crippen LogP) is 3.40. The molecule has 3 saturated carbocycles. The third-order valence-electron chi connectivity index (χ3n) is 6.99. The Morgan fingerprint density at radius 1 is 1.24 bits per heavy atom. The van der Waals surface area contributed by atoms with Gasteiger partial charge in [-0.2, -0.15) is 0 Å². The lowest BCUT2D eigenvalue weighted by Gasteiger charge is -2.49. The molecule has 0 unspecified atom stereocenters. The van der Waals surface area contributed by atoms with Crippen LogP contribution in [0.2, 0.25) is 0 Å². The van der Waals surface area contributed by atoms with E-state index in [4.69, 9.17) is 4.74 Å². The van der Waals surface area contributed by atoms with Crippen molar-refractivity contribution in [2.45, 2.75) is 59.0 Å². The van der Waals surface area contributed by atoms with Gasteiger partial charge in [0.25, 0.3) is 6.47 Å². The fraction of sp³-hybridized carbons (Fsp3) is 0.933. The average Bonchev–Trinajstić information content (AvgIpc) is 2.89. The van der Waals surface area contributed by atoms with Crippen molar-refractivity contribution in [1.29, 1.82) is 0 Å². The number of hydrogen-bond donors (Lipinski definition) is 0.